The van der Waals surface area contributed by atoms with E-state index < -0.39 is 0 Å². The summed E-state index contributed by atoms with van der Waals surface area (Å²) in [6.45, 7) is 6.39. The van der Waals surface area contributed by atoms with Crippen molar-refractivity contribution in [2.45, 2.75) is 13.8 Å². The summed E-state index contributed by atoms with van der Waals surface area (Å²) >= 11 is 8.19. The molecule has 168 valence electrons. The summed E-state index contributed by atoms with van der Waals surface area (Å²) in [5.74, 6) is 3.23. The van der Waals surface area contributed by atoms with Crippen LogP contribution in [0.2, 0.25) is 5.02 Å². The van der Waals surface area contributed by atoms with Gasteiger partial charge in [-0.3, -0.25) is 9.78 Å². The summed E-state index contributed by atoms with van der Waals surface area (Å²) < 4.78 is 11.5. The highest BCUT2D eigenvalue weighted by atomic mass is 35.5. The molecule has 1 saturated heterocycles. The van der Waals surface area contributed by atoms with E-state index in [1.807, 2.05) is 60.8 Å². The minimum absolute atomic E-state index is 0.0406. The van der Waals surface area contributed by atoms with E-state index in [4.69, 9.17) is 21.1 Å². The molecule has 6 nitrogen and oxygen atoms in total. The number of fused-ring (bicyclic) bond motifs is 1. The molecule has 1 N–H and O–H groups in total. The van der Waals surface area contributed by atoms with Gasteiger partial charge in [-0.2, -0.15) is 11.8 Å². The second-order valence-electron chi connectivity index (χ2n) is 7.26. The quantitative estimate of drug-likeness (QED) is 0.482. The predicted molar refractivity (Wildman–Crippen MR) is 132 cm³/mol. The number of hydrogen-bond acceptors (Lipinski definition) is 6. The molecular weight excluding hydrogens is 446 g/mol. The van der Waals surface area contributed by atoms with Gasteiger partial charge in [0, 0.05) is 47.3 Å². The first-order chi connectivity index (χ1) is 15.6. The lowest BCUT2D eigenvalue weighted by atomic mass is 10.1. The number of nitrogens with one attached hydrogen (secondary N) is 1. The van der Waals surface area contributed by atoms with Crippen LogP contribution in [0.15, 0.2) is 42.6 Å². The van der Waals surface area contributed by atoms with Gasteiger partial charge in [0.25, 0.3) is 5.91 Å². The van der Waals surface area contributed by atoms with Gasteiger partial charge in [-0.05, 0) is 44.2 Å². The third-order valence-corrected chi connectivity index (χ3v) is 6.36. The predicted octanol–water partition coefficient (Wildman–Crippen LogP) is 5.62. The minimum atomic E-state index is -0.0406. The molecule has 0 unspecified atom stereocenters. The molecule has 0 bridgehead atoms. The first kappa shape index (κ1) is 22.6. The SMILES string of the molecule is CCOc1ccc(OCC)c(Nc2c(C(=O)N3CCSCC3)cnc3ccc(Cl)cc23)c1. The maximum atomic E-state index is 13.5. The van der Waals surface area contributed by atoms with Crippen molar-refractivity contribution in [3.05, 3.63) is 53.2 Å². The zero-order valence-corrected chi connectivity index (χ0v) is 19.8. The molecule has 32 heavy (non-hydrogen) atoms. The van der Waals surface area contributed by atoms with E-state index in [1.54, 1.807) is 12.3 Å². The molecule has 1 aliphatic heterocycles. The van der Waals surface area contributed by atoms with Crippen molar-refractivity contribution < 1.29 is 14.3 Å². The fourth-order valence-electron chi connectivity index (χ4n) is 3.68. The summed E-state index contributed by atoms with van der Waals surface area (Å²) in [5, 5.41) is 4.81. The fourth-order valence-corrected chi connectivity index (χ4v) is 4.75. The number of ether oxygens (including phenoxy) is 2. The fraction of sp³-hybridized carbons (Fsp3) is 0.333. The van der Waals surface area contributed by atoms with Gasteiger partial charge in [0.05, 0.1) is 35.7 Å². The van der Waals surface area contributed by atoms with Gasteiger partial charge < -0.3 is 19.7 Å². The van der Waals surface area contributed by atoms with Gasteiger partial charge in [-0.25, -0.2) is 0 Å². The maximum absolute atomic E-state index is 13.5. The Labute approximate surface area is 197 Å². The van der Waals surface area contributed by atoms with Gasteiger partial charge in [0.2, 0.25) is 0 Å². The number of halogens is 1. The van der Waals surface area contributed by atoms with Crippen LogP contribution in [0.3, 0.4) is 0 Å². The van der Waals surface area contributed by atoms with Crippen molar-refractivity contribution in [2.75, 3.05) is 43.1 Å². The van der Waals surface area contributed by atoms with Crippen LogP contribution >= 0.6 is 23.4 Å². The number of carbonyl (C=O) groups is 1. The Hall–Kier alpha value is -2.64. The Morgan fingerprint density at radius 3 is 2.66 bits per heavy atom. The number of hydrogen-bond donors (Lipinski definition) is 1. The van der Waals surface area contributed by atoms with E-state index in [2.05, 4.69) is 10.3 Å². The van der Waals surface area contributed by atoms with Crippen LogP contribution in [0.1, 0.15) is 24.2 Å². The first-order valence-electron chi connectivity index (χ1n) is 10.7. The Morgan fingerprint density at radius 2 is 1.91 bits per heavy atom. The van der Waals surface area contributed by atoms with E-state index in [1.165, 1.54) is 0 Å². The molecule has 2 aromatic carbocycles. The average molecular weight is 472 g/mol. The van der Waals surface area contributed by atoms with Gasteiger partial charge in [0.1, 0.15) is 11.5 Å². The summed E-state index contributed by atoms with van der Waals surface area (Å²) in [4.78, 5) is 19.9. The average Bonchev–Trinajstić information content (AvgIpc) is 2.81. The normalized spacial score (nSPS) is 13.8. The summed E-state index contributed by atoms with van der Waals surface area (Å²) in [7, 11) is 0. The lowest BCUT2D eigenvalue weighted by Crippen LogP contribution is -2.38. The lowest BCUT2D eigenvalue weighted by Gasteiger charge is -2.27. The molecule has 0 atom stereocenters. The highest BCUT2D eigenvalue weighted by Crippen LogP contribution is 2.37. The van der Waals surface area contributed by atoms with E-state index in [0.29, 0.717) is 40.9 Å². The van der Waals surface area contributed by atoms with Gasteiger partial charge >= 0.3 is 0 Å². The Bertz CT molecular complexity index is 1120. The van der Waals surface area contributed by atoms with Crippen molar-refractivity contribution in [3.63, 3.8) is 0 Å². The molecule has 2 heterocycles. The van der Waals surface area contributed by atoms with Gasteiger partial charge in [0.15, 0.2) is 0 Å². The third-order valence-electron chi connectivity index (χ3n) is 5.18. The van der Waals surface area contributed by atoms with E-state index >= 15 is 0 Å². The second kappa shape index (κ2) is 10.3. The molecule has 4 rings (SSSR count). The van der Waals surface area contributed by atoms with Gasteiger partial charge in [-0.1, -0.05) is 11.6 Å². The summed E-state index contributed by atoms with van der Waals surface area (Å²) in [6.07, 6.45) is 1.65. The van der Waals surface area contributed by atoms with Crippen LogP contribution in [0, 0.1) is 0 Å². The number of carbonyl (C=O) groups excluding carboxylic acids is 1. The standard InChI is InChI=1S/C24H26ClN3O3S/c1-3-30-17-6-8-22(31-4-2)21(14-17)27-23-18-13-16(25)5-7-20(18)26-15-19(23)24(29)28-9-11-32-12-10-28/h5-8,13-15H,3-4,9-12H2,1-2H3,(H,26,27). The van der Waals surface area contributed by atoms with Crippen LogP contribution in [0.25, 0.3) is 10.9 Å². The van der Waals surface area contributed by atoms with E-state index in [0.717, 1.165) is 41.2 Å². The molecule has 8 heteroatoms. The number of benzene rings is 2. The largest absolute Gasteiger partial charge is 0.494 e. The highest BCUT2D eigenvalue weighted by molar-refractivity contribution is 7.99. The van der Waals surface area contributed by atoms with Crippen LogP contribution in [-0.2, 0) is 0 Å². The smallest absolute Gasteiger partial charge is 0.257 e. The summed E-state index contributed by atoms with van der Waals surface area (Å²) in [5.41, 5.74) is 2.64. The van der Waals surface area contributed by atoms with Gasteiger partial charge in [-0.15, -0.1) is 0 Å². The number of rotatable bonds is 7. The van der Waals surface area contributed by atoms with Crippen LogP contribution in [-0.4, -0.2) is 53.6 Å². The third kappa shape index (κ3) is 4.89. The Kier molecular flexibility index (Phi) is 7.27. The summed E-state index contributed by atoms with van der Waals surface area (Å²) in [6, 6.07) is 11.1. The molecule has 0 radical (unpaired) electrons. The topological polar surface area (TPSA) is 63.7 Å². The number of aromatic nitrogens is 1. The molecule has 0 saturated carbocycles. The maximum Gasteiger partial charge on any atom is 0.257 e. The molecule has 0 aliphatic carbocycles. The number of anilines is 2. The molecule has 1 aliphatic rings. The van der Waals surface area contributed by atoms with Crippen molar-refractivity contribution in [2.24, 2.45) is 0 Å². The highest BCUT2D eigenvalue weighted by Gasteiger charge is 2.24. The van der Waals surface area contributed by atoms with Crippen LogP contribution in [0.5, 0.6) is 11.5 Å². The van der Waals surface area contributed by atoms with E-state index in [9.17, 15) is 4.79 Å². The molecule has 1 fully saturated rings. The zero-order chi connectivity index (χ0) is 22.5. The van der Waals surface area contributed by atoms with Crippen LogP contribution in [0.4, 0.5) is 11.4 Å². The van der Waals surface area contributed by atoms with Crippen molar-refractivity contribution >= 4 is 51.5 Å². The zero-order valence-electron chi connectivity index (χ0n) is 18.2. The molecule has 0 spiro atoms. The molecule has 3 aromatic rings. The number of nitrogens with zero attached hydrogens (tertiary/aromatic N) is 2. The number of amides is 1. The molecular formula is C24H26ClN3O3S. The first-order valence-corrected chi connectivity index (χ1v) is 12.3. The number of thioether (sulfide) groups is 1. The van der Waals surface area contributed by atoms with Crippen molar-refractivity contribution in [1.29, 1.82) is 0 Å². The van der Waals surface area contributed by atoms with Crippen molar-refractivity contribution in [3.8, 4) is 11.5 Å². The molecule has 1 aromatic heterocycles. The molecule has 1 amide bonds. The minimum Gasteiger partial charge on any atom is -0.494 e. The number of pyridine rings is 1. The van der Waals surface area contributed by atoms with E-state index in [-0.39, 0.29) is 5.91 Å². The Morgan fingerprint density at radius 1 is 1.12 bits per heavy atom. The Balaban J connectivity index is 1.83. The van der Waals surface area contributed by atoms with Crippen LogP contribution < -0.4 is 14.8 Å². The van der Waals surface area contributed by atoms with Crippen molar-refractivity contribution in [1.82, 2.24) is 9.88 Å². The second-order valence-corrected chi connectivity index (χ2v) is 8.92. The lowest BCUT2D eigenvalue weighted by molar-refractivity contribution is 0.0773. The monoisotopic (exact) mass is 471 g/mol.